The second-order valence-corrected chi connectivity index (χ2v) is 10.1. The van der Waals surface area contributed by atoms with E-state index in [2.05, 4.69) is 29.9 Å². The number of aromatic nitrogens is 6. The van der Waals surface area contributed by atoms with Gasteiger partial charge in [0.2, 0.25) is 0 Å². The Morgan fingerprint density at radius 1 is 0.659 bits per heavy atom. The molecular weight excluding hydrogens is 516 g/mol. The first-order chi connectivity index (χ1) is 20.0. The fourth-order valence-electron chi connectivity index (χ4n) is 5.27. The summed E-state index contributed by atoms with van der Waals surface area (Å²) in [7, 11) is 0. The monoisotopic (exact) mass is 542 g/mol. The van der Waals surface area contributed by atoms with Crippen LogP contribution >= 0.6 is 0 Å². The maximum atomic E-state index is 13.5. The summed E-state index contributed by atoms with van der Waals surface area (Å²) in [6.07, 6.45) is 0. The number of carbonyl (C=O) groups excluding carboxylic acids is 2. The van der Waals surface area contributed by atoms with E-state index in [4.69, 9.17) is 0 Å². The number of fused-ring (bicyclic) bond motifs is 2. The molecular formula is C31H26N8O2. The molecule has 0 spiro atoms. The van der Waals surface area contributed by atoms with Gasteiger partial charge in [0.15, 0.2) is 11.6 Å². The van der Waals surface area contributed by atoms with Gasteiger partial charge in [-0.2, -0.15) is 0 Å². The highest BCUT2D eigenvalue weighted by atomic mass is 16.2. The first-order valence-corrected chi connectivity index (χ1v) is 13.5. The molecule has 2 amide bonds. The summed E-state index contributed by atoms with van der Waals surface area (Å²) < 4.78 is 0. The Balaban J connectivity index is 1.06. The average molecular weight is 543 g/mol. The zero-order chi connectivity index (χ0) is 27.9. The van der Waals surface area contributed by atoms with Crippen molar-refractivity contribution in [2.75, 3.05) is 19.6 Å². The number of para-hydroxylation sites is 4. The standard InChI is InChI=1S/C31H26N8O2/c1-19-18-38(30(40)26-14-6-12-24(32-26)28-34-20-8-2-3-9-21(20)35-28)16-17-39(19)31(41)27-15-7-13-25(33-27)29-36-22-10-4-5-11-23(22)37-29/h2-15,19H,16-18H2,1H3,(H,34,35)(H,36,37)/t19-/m1/s1. The first-order valence-electron chi connectivity index (χ1n) is 13.5. The predicted octanol–water partition coefficient (Wildman–Crippen LogP) is 4.55. The molecule has 1 atom stereocenters. The second-order valence-electron chi connectivity index (χ2n) is 10.1. The number of rotatable bonds is 4. The molecule has 1 aliphatic heterocycles. The topological polar surface area (TPSA) is 124 Å². The summed E-state index contributed by atoms with van der Waals surface area (Å²) in [6, 6.07) is 26.0. The van der Waals surface area contributed by atoms with Gasteiger partial charge in [0.05, 0.1) is 22.1 Å². The summed E-state index contributed by atoms with van der Waals surface area (Å²) in [4.78, 5) is 55.4. The highest BCUT2D eigenvalue weighted by molar-refractivity contribution is 5.95. The van der Waals surface area contributed by atoms with Crippen molar-refractivity contribution in [3.05, 3.63) is 96.3 Å². The SMILES string of the molecule is C[C@@H]1CN(C(=O)c2cccc(-c3nc4ccccc4[nH]3)n2)CCN1C(=O)c1cccc(-c2nc3ccccc3[nH]2)n1. The van der Waals surface area contributed by atoms with Gasteiger partial charge in [-0.25, -0.2) is 19.9 Å². The van der Waals surface area contributed by atoms with Crippen LogP contribution in [-0.2, 0) is 0 Å². The Morgan fingerprint density at radius 3 is 1.73 bits per heavy atom. The van der Waals surface area contributed by atoms with Crippen LogP contribution in [0.4, 0.5) is 0 Å². The van der Waals surface area contributed by atoms with E-state index in [-0.39, 0.29) is 17.9 Å². The lowest BCUT2D eigenvalue weighted by Crippen LogP contribution is -2.55. The largest absolute Gasteiger partial charge is 0.337 e. The maximum Gasteiger partial charge on any atom is 0.272 e. The van der Waals surface area contributed by atoms with Crippen molar-refractivity contribution in [1.82, 2.24) is 39.7 Å². The van der Waals surface area contributed by atoms with Crippen LogP contribution in [0.1, 0.15) is 27.9 Å². The van der Waals surface area contributed by atoms with Gasteiger partial charge in [-0.15, -0.1) is 0 Å². The van der Waals surface area contributed by atoms with E-state index >= 15 is 0 Å². The lowest BCUT2D eigenvalue weighted by molar-refractivity contribution is 0.0408. The molecule has 0 bridgehead atoms. The highest BCUT2D eigenvalue weighted by Crippen LogP contribution is 2.22. The van der Waals surface area contributed by atoms with Crippen LogP contribution < -0.4 is 0 Å². The molecule has 10 nitrogen and oxygen atoms in total. The van der Waals surface area contributed by atoms with Crippen LogP contribution in [0.2, 0.25) is 0 Å². The van der Waals surface area contributed by atoms with Gasteiger partial charge in [0.25, 0.3) is 11.8 Å². The van der Waals surface area contributed by atoms with E-state index < -0.39 is 0 Å². The van der Waals surface area contributed by atoms with Gasteiger partial charge in [0, 0.05) is 25.7 Å². The second kappa shape index (κ2) is 9.98. The number of nitrogens with one attached hydrogen (secondary N) is 2. The van der Waals surface area contributed by atoms with E-state index in [9.17, 15) is 9.59 Å². The molecule has 7 rings (SSSR count). The summed E-state index contributed by atoms with van der Waals surface area (Å²) >= 11 is 0. The molecule has 0 saturated carbocycles. The van der Waals surface area contributed by atoms with E-state index in [1.807, 2.05) is 79.7 Å². The molecule has 2 N–H and O–H groups in total. The van der Waals surface area contributed by atoms with Gasteiger partial charge in [-0.05, 0) is 55.5 Å². The first kappa shape index (κ1) is 24.6. The van der Waals surface area contributed by atoms with Crippen LogP contribution in [0.5, 0.6) is 0 Å². The molecule has 10 heteroatoms. The Kier molecular flexibility index (Phi) is 6.00. The van der Waals surface area contributed by atoms with Crippen LogP contribution in [0.15, 0.2) is 84.9 Å². The smallest absolute Gasteiger partial charge is 0.272 e. The van der Waals surface area contributed by atoms with Gasteiger partial charge >= 0.3 is 0 Å². The minimum absolute atomic E-state index is 0.174. The summed E-state index contributed by atoms with van der Waals surface area (Å²) in [5.74, 6) is 0.878. The van der Waals surface area contributed by atoms with Crippen LogP contribution in [0.25, 0.3) is 45.1 Å². The lowest BCUT2D eigenvalue weighted by Gasteiger charge is -2.39. The molecule has 5 heterocycles. The molecule has 41 heavy (non-hydrogen) atoms. The number of amides is 2. The lowest BCUT2D eigenvalue weighted by atomic mass is 10.1. The molecule has 2 aromatic carbocycles. The molecule has 202 valence electrons. The Morgan fingerprint density at radius 2 is 1.20 bits per heavy atom. The zero-order valence-electron chi connectivity index (χ0n) is 22.3. The highest BCUT2D eigenvalue weighted by Gasteiger charge is 2.32. The van der Waals surface area contributed by atoms with Crippen molar-refractivity contribution in [2.45, 2.75) is 13.0 Å². The molecule has 0 radical (unpaired) electrons. The molecule has 4 aromatic heterocycles. The number of imidazole rings is 2. The van der Waals surface area contributed by atoms with Crippen LogP contribution in [0, 0.1) is 0 Å². The Labute approximate surface area is 235 Å². The van der Waals surface area contributed by atoms with Crippen molar-refractivity contribution in [3.8, 4) is 23.0 Å². The Bertz CT molecular complexity index is 1860. The van der Waals surface area contributed by atoms with Gasteiger partial charge in [-0.3, -0.25) is 9.59 Å². The number of hydrogen-bond acceptors (Lipinski definition) is 6. The van der Waals surface area contributed by atoms with Crippen molar-refractivity contribution < 1.29 is 9.59 Å². The fourth-order valence-corrected chi connectivity index (χ4v) is 5.27. The fraction of sp³-hybridized carbons (Fsp3) is 0.161. The van der Waals surface area contributed by atoms with Crippen molar-refractivity contribution in [3.63, 3.8) is 0 Å². The van der Waals surface area contributed by atoms with Crippen molar-refractivity contribution >= 4 is 33.9 Å². The van der Waals surface area contributed by atoms with E-state index in [1.165, 1.54) is 0 Å². The van der Waals surface area contributed by atoms with Gasteiger partial charge < -0.3 is 19.8 Å². The molecule has 1 fully saturated rings. The Hall–Kier alpha value is -5.38. The zero-order valence-corrected chi connectivity index (χ0v) is 22.3. The average Bonchev–Trinajstić information content (AvgIpc) is 3.65. The number of carbonyl (C=O) groups is 2. The normalized spacial score (nSPS) is 15.5. The van der Waals surface area contributed by atoms with E-state index in [0.717, 1.165) is 22.1 Å². The predicted molar refractivity (Wildman–Crippen MR) is 155 cm³/mol. The minimum atomic E-state index is -0.199. The van der Waals surface area contributed by atoms with Crippen LogP contribution in [0.3, 0.4) is 0 Å². The molecule has 0 unspecified atom stereocenters. The molecule has 1 aliphatic rings. The third kappa shape index (κ3) is 4.59. The number of pyridine rings is 2. The van der Waals surface area contributed by atoms with E-state index in [1.54, 1.807) is 21.9 Å². The van der Waals surface area contributed by atoms with Crippen molar-refractivity contribution in [1.29, 1.82) is 0 Å². The van der Waals surface area contributed by atoms with Crippen molar-refractivity contribution in [2.24, 2.45) is 0 Å². The number of H-pyrrole nitrogens is 2. The molecule has 1 saturated heterocycles. The molecule has 0 aliphatic carbocycles. The number of hydrogen-bond donors (Lipinski definition) is 2. The minimum Gasteiger partial charge on any atom is -0.337 e. The number of benzene rings is 2. The number of aromatic amines is 2. The molecule has 6 aromatic rings. The summed E-state index contributed by atoms with van der Waals surface area (Å²) in [5, 5.41) is 0. The van der Waals surface area contributed by atoms with Gasteiger partial charge in [-0.1, -0.05) is 36.4 Å². The number of piperazine rings is 1. The third-order valence-corrected chi connectivity index (χ3v) is 7.38. The summed E-state index contributed by atoms with van der Waals surface area (Å²) in [6.45, 7) is 3.13. The van der Waals surface area contributed by atoms with Gasteiger partial charge in [0.1, 0.15) is 22.8 Å². The number of nitrogens with zero attached hydrogens (tertiary/aromatic N) is 6. The quantitative estimate of drug-likeness (QED) is 0.337. The van der Waals surface area contributed by atoms with E-state index in [0.29, 0.717) is 54.1 Å². The van der Waals surface area contributed by atoms with Crippen LogP contribution in [-0.4, -0.2) is 77.2 Å². The summed E-state index contributed by atoms with van der Waals surface area (Å²) in [5.41, 5.74) is 5.39. The third-order valence-electron chi connectivity index (χ3n) is 7.38. The maximum absolute atomic E-state index is 13.5.